The summed E-state index contributed by atoms with van der Waals surface area (Å²) in [7, 11) is 1.53. The second kappa shape index (κ2) is 8.70. The maximum atomic E-state index is 13.3. The first-order valence-electron chi connectivity index (χ1n) is 9.51. The molecule has 6 heteroatoms. The molecule has 0 fully saturated rings. The van der Waals surface area contributed by atoms with Gasteiger partial charge in [-0.2, -0.15) is 0 Å². The van der Waals surface area contributed by atoms with Crippen LogP contribution in [0.5, 0.6) is 5.75 Å². The van der Waals surface area contributed by atoms with Crippen LogP contribution in [0.25, 0.3) is 10.9 Å². The van der Waals surface area contributed by atoms with Gasteiger partial charge in [0.25, 0.3) is 5.91 Å². The number of carbonyl (C=O) groups excluding carboxylic acids is 2. The maximum absolute atomic E-state index is 13.3. The highest BCUT2D eigenvalue weighted by Gasteiger charge is 2.23. The Labute approximate surface area is 175 Å². The number of ether oxygens (including phenoxy) is 2. The van der Waals surface area contributed by atoms with E-state index in [9.17, 15) is 9.59 Å². The summed E-state index contributed by atoms with van der Waals surface area (Å²) in [6, 6.07) is 10.9. The fourth-order valence-corrected chi connectivity index (χ4v) is 3.59. The Morgan fingerprint density at radius 2 is 1.79 bits per heavy atom. The van der Waals surface area contributed by atoms with E-state index in [-0.39, 0.29) is 18.3 Å². The zero-order chi connectivity index (χ0) is 21.1. The molecule has 0 atom stereocenters. The number of fused-ring (bicyclic) bond motifs is 1. The molecule has 0 amide bonds. The normalized spacial score (nSPS) is 10.9. The van der Waals surface area contributed by atoms with E-state index in [0.29, 0.717) is 34.2 Å². The molecule has 0 saturated heterocycles. The van der Waals surface area contributed by atoms with Crippen molar-refractivity contribution in [2.24, 2.45) is 0 Å². The highest BCUT2D eigenvalue weighted by molar-refractivity contribution is 6.33. The van der Waals surface area contributed by atoms with Crippen LogP contribution in [0.15, 0.2) is 36.4 Å². The van der Waals surface area contributed by atoms with E-state index >= 15 is 0 Å². The molecule has 152 valence electrons. The van der Waals surface area contributed by atoms with E-state index in [1.165, 1.54) is 7.11 Å². The Morgan fingerprint density at radius 1 is 1.10 bits per heavy atom. The van der Waals surface area contributed by atoms with E-state index in [4.69, 9.17) is 21.1 Å². The molecular weight excluding hydrogens is 390 g/mol. The van der Waals surface area contributed by atoms with Gasteiger partial charge in [-0.05, 0) is 50.1 Å². The lowest BCUT2D eigenvalue weighted by Crippen LogP contribution is -2.14. The monoisotopic (exact) mass is 413 g/mol. The minimum absolute atomic E-state index is 0.0707. The zero-order valence-electron chi connectivity index (χ0n) is 17.0. The number of aromatic nitrogens is 1. The average Bonchev–Trinajstić information content (AvgIpc) is 2.96. The summed E-state index contributed by atoms with van der Waals surface area (Å²) in [6.07, 6.45) is 0.823. The molecule has 1 heterocycles. The molecule has 0 unspecified atom stereocenters. The van der Waals surface area contributed by atoms with Crippen LogP contribution in [0.3, 0.4) is 0 Å². The first kappa shape index (κ1) is 20.9. The number of esters is 1. The topological polar surface area (TPSA) is 57.5 Å². The van der Waals surface area contributed by atoms with Crippen molar-refractivity contribution in [3.8, 4) is 5.75 Å². The molecule has 0 radical (unpaired) electrons. The quantitative estimate of drug-likeness (QED) is 0.527. The number of methoxy groups -OCH3 is 1. The Hall–Kier alpha value is -2.79. The second-order valence-corrected chi connectivity index (χ2v) is 7.38. The average molecular weight is 414 g/mol. The second-order valence-electron chi connectivity index (χ2n) is 6.97. The molecule has 0 saturated carbocycles. The summed E-state index contributed by atoms with van der Waals surface area (Å²) in [5.74, 6) is -0.0186. The van der Waals surface area contributed by atoms with Crippen molar-refractivity contribution in [1.29, 1.82) is 0 Å². The molecule has 5 nitrogen and oxygen atoms in total. The summed E-state index contributed by atoms with van der Waals surface area (Å²) in [5, 5.41) is 1.15. The fraction of sp³-hybridized carbons (Fsp3) is 0.304. The van der Waals surface area contributed by atoms with Gasteiger partial charge in [-0.1, -0.05) is 36.2 Å². The predicted molar refractivity (Wildman–Crippen MR) is 114 cm³/mol. The van der Waals surface area contributed by atoms with Crippen LogP contribution in [0.1, 0.15) is 40.5 Å². The van der Waals surface area contributed by atoms with E-state index < -0.39 is 0 Å². The van der Waals surface area contributed by atoms with Gasteiger partial charge in [0.2, 0.25) is 0 Å². The van der Waals surface area contributed by atoms with Crippen molar-refractivity contribution < 1.29 is 19.1 Å². The third-order valence-electron chi connectivity index (χ3n) is 4.90. The standard InChI is InChI=1S/C23H24ClNO4/c1-5-10-29-22(26)12-17-15(3)25(23(27)16-8-6-14(2)7-9-16)20-13-19(24)21(28-4)11-18(17)20/h6-9,11,13H,5,10,12H2,1-4H3. The Balaban J connectivity index is 2.17. The lowest BCUT2D eigenvalue weighted by atomic mass is 10.1. The Morgan fingerprint density at radius 3 is 2.41 bits per heavy atom. The van der Waals surface area contributed by atoms with Crippen LogP contribution < -0.4 is 4.74 Å². The SMILES string of the molecule is CCCOC(=O)Cc1c(C)n(C(=O)c2ccc(C)cc2)c2cc(Cl)c(OC)cc12. The molecule has 2 aromatic carbocycles. The van der Waals surface area contributed by atoms with Crippen molar-refractivity contribution in [3.63, 3.8) is 0 Å². The van der Waals surface area contributed by atoms with Gasteiger partial charge >= 0.3 is 5.97 Å². The van der Waals surface area contributed by atoms with Gasteiger partial charge in [0.15, 0.2) is 0 Å². The Kier molecular flexibility index (Phi) is 6.28. The summed E-state index contributed by atoms with van der Waals surface area (Å²) >= 11 is 6.34. The summed E-state index contributed by atoms with van der Waals surface area (Å²) in [6.45, 7) is 6.11. The molecular formula is C23H24ClNO4. The van der Waals surface area contributed by atoms with Gasteiger partial charge in [0, 0.05) is 16.6 Å². The van der Waals surface area contributed by atoms with Crippen molar-refractivity contribution in [2.45, 2.75) is 33.6 Å². The molecule has 3 aromatic rings. The van der Waals surface area contributed by atoms with Crippen molar-refractivity contribution >= 4 is 34.4 Å². The van der Waals surface area contributed by atoms with Crippen molar-refractivity contribution in [2.75, 3.05) is 13.7 Å². The molecule has 0 aliphatic rings. The van der Waals surface area contributed by atoms with Gasteiger partial charge in [-0.3, -0.25) is 14.2 Å². The summed E-state index contributed by atoms with van der Waals surface area (Å²) < 4.78 is 12.2. The van der Waals surface area contributed by atoms with Crippen LogP contribution in [-0.2, 0) is 16.0 Å². The number of halogens is 1. The number of hydrogen-bond donors (Lipinski definition) is 0. The highest BCUT2D eigenvalue weighted by Crippen LogP contribution is 2.35. The van der Waals surface area contributed by atoms with Crippen LogP contribution in [-0.4, -0.2) is 30.2 Å². The number of aryl methyl sites for hydroxylation is 1. The van der Waals surface area contributed by atoms with Gasteiger partial charge in [-0.15, -0.1) is 0 Å². The van der Waals surface area contributed by atoms with Gasteiger partial charge in [0.05, 0.1) is 30.7 Å². The third-order valence-corrected chi connectivity index (χ3v) is 5.19. The first-order chi connectivity index (χ1) is 13.9. The van der Waals surface area contributed by atoms with E-state index in [1.54, 1.807) is 28.8 Å². The lowest BCUT2D eigenvalue weighted by Gasteiger charge is -2.09. The van der Waals surface area contributed by atoms with E-state index in [0.717, 1.165) is 22.9 Å². The first-order valence-corrected chi connectivity index (χ1v) is 9.89. The predicted octanol–water partition coefficient (Wildman–Crippen LogP) is 5.10. The molecule has 0 bridgehead atoms. The molecule has 0 aliphatic heterocycles. The summed E-state index contributed by atoms with van der Waals surface area (Å²) in [5.41, 5.74) is 3.68. The molecule has 29 heavy (non-hydrogen) atoms. The lowest BCUT2D eigenvalue weighted by molar-refractivity contribution is -0.142. The van der Waals surface area contributed by atoms with Crippen molar-refractivity contribution in [3.05, 3.63) is 63.8 Å². The van der Waals surface area contributed by atoms with E-state index in [1.807, 2.05) is 32.9 Å². The van der Waals surface area contributed by atoms with Gasteiger partial charge < -0.3 is 9.47 Å². The fourth-order valence-electron chi connectivity index (χ4n) is 3.36. The largest absolute Gasteiger partial charge is 0.495 e. The maximum Gasteiger partial charge on any atom is 0.310 e. The summed E-state index contributed by atoms with van der Waals surface area (Å²) in [4.78, 5) is 25.6. The number of hydrogen-bond acceptors (Lipinski definition) is 4. The highest BCUT2D eigenvalue weighted by atomic mass is 35.5. The van der Waals surface area contributed by atoms with Crippen LogP contribution in [0.4, 0.5) is 0 Å². The number of rotatable bonds is 6. The molecule has 0 N–H and O–H groups in total. The van der Waals surface area contributed by atoms with Crippen molar-refractivity contribution in [1.82, 2.24) is 4.57 Å². The minimum Gasteiger partial charge on any atom is -0.495 e. The molecule has 0 spiro atoms. The molecule has 1 aromatic heterocycles. The number of benzene rings is 2. The smallest absolute Gasteiger partial charge is 0.310 e. The number of carbonyl (C=O) groups is 2. The third kappa shape index (κ3) is 4.15. The van der Waals surface area contributed by atoms with E-state index in [2.05, 4.69) is 0 Å². The minimum atomic E-state index is -0.328. The van der Waals surface area contributed by atoms with Crippen LogP contribution in [0, 0.1) is 13.8 Å². The van der Waals surface area contributed by atoms with Crippen LogP contribution >= 0.6 is 11.6 Å². The van der Waals surface area contributed by atoms with Gasteiger partial charge in [0.1, 0.15) is 5.75 Å². The Bertz CT molecular complexity index is 1070. The van der Waals surface area contributed by atoms with Gasteiger partial charge in [-0.25, -0.2) is 0 Å². The van der Waals surface area contributed by atoms with Crippen LogP contribution in [0.2, 0.25) is 5.02 Å². The zero-order valence-corrected chi connectivity index (χ0v) is 17.8. The number of nitrogens with zero attached hydrogens (tertiary/aromatic N) is 1. The molecule has 0 aliphatic carbocycles. The molecule has 3 rings (SSSR count).